The van der Waals surface area contributed by atoms with Gasteiger partial charge < -0.3 is 10.6 Å². The summed E-state index contributed by atoms with van der Waals surface area (Å²) in [5, 5.41) is 14.7. The highest BCUT2D eigenvalue weighted by molar-refractivity contribution is 6.06. The fourth-order valence-corrected chi connectivity index (χ4v) is 5.02. The van der Waals surface area contributed by atoms with Gasteiger partial charge in [-0.1, -0.05) is 61.7 Å². The molecule has 6 heteroatoms. The second-order valence-electron chi connectivity index (χ2n) is 8.99. The van der Waals surface area contributed by atoms with Gasteiger partial charge in [0.05, 0.1) is 28.9 Å². The Bertz CT molecular complexity index is 1280. The van der Waals surface area contributed by atoms with Gasteiger partial charge in [0.1, 0.15) is 0 Å². The van der Waals surface area contributed by atoms with Gasteiger partial charge in [-0.05, 0) is 43.0 Å². The Morgan fingerprint density at radius 1 is 1.06 bits per heavy atom. The number of aromatic nitrogens is 3. The number of aryl methyl sites for hydroxylation is 1. The molecule has 2 aromatic heterocycles. The van der Waals surface area contributed by atoms with Crippen molar-refractivity contribution in [3.05, 3.63) is 66.0 Å². The lowest BCUT2D eigenvalue weighted by atomic mass is 9.95. The van der Waals surface area contributed by atoms with Crippen molar-refractivity contribution < 1.29 is 4.79 Å². The first-order chi connectivity index (χ1) is 16.2. The lowest BCUT2D eigenvalue weighted by molar-refractivity contribution is 0.0940. The van der Waals surface area contributed by atoms with Crippen LogP contribution in [0.4, 0.5) is 5.69 Å². The summed E-state index contributed by atoms with van der Waals surface area (Å²) in [6, 6.07) is 14.7. The molecular formula is C27H31N5O. The Hall–Kier alpha value is -3.41. The number of amides is 1. The van der Waals surface area contributed by atoms with Gasteiger partial charge in [0.25, 0.3) is 5.91 Å². The summed E-state index contributed by atoms with van der Waals surface area (Å²) in [5.41, 5.74) is 3.36. The Morgan fingerprint density at radius 3 is 2.67 bits per heavy atom. The van der Waals surface area contributed by atoms with Crippen molar-refractivity contribution in [1.82, 2.24) is 20.1 Å². The molecule has 0 radical (unpaired) electrons. The van der Waals surface area contributed by atoms with Crippen molar-refractivity contribution in [3.8, 4) is 0 Å². The first-order valence-electron chi connectivity index (χ1n) is 12.0. The topological polar surface area (TPSA) is 71.8 Å². The highest BCUT2D eigenvalue weighted by Gasteiger charge is 2.23. The maximum atomic E-state index is 13.5. The van der Waals surface area contributed by atoms with Gasteiger partial charge in [-0.3, -0.25) is 4.79 Å². The van der Waals surface area contributed by atoms with E-state index in [2.05, 4.69) is 51.9 Å². The average Bonchev–Trinajstić information content (AvgIpc) is 3.28. The summed E-state index contributed by atoms with van der Waals surface area (Å²) in [7, 11) is 0. The number of benzene rings is 2. The van der Waals surface area contributed by atoms with Gasteiger partial charge in [0, 0.05) is 18.8 Å². The highest BCUT2D eigenvalue weighted by atomic mass is 16.1. The largest absolute Gasteiger partial charge is 0.381 e. The number of nitrogens with zero attached hydrogens (tertiary/aromatic N) is 3. The molecule has 1 fully saturated rings. The third kappa shape index (κ3) is 4.17. The quantitative estimate of drug-likeness (QED) is 0.394. The second kappa shape index (κ2) is 9.22. The van der Waals surface area contributed by atoms with E-state index in [0.717, 1.165) is 47.1 Å². The average molecular weight is 442 g/mol. The Balaban J connectivity index is 1.48. The molecule has 0 bridgehead atoms. The van der Waals surface area contributed by atoms with Crippen molar-refractivity contribution in [1.29, 1.82) is 0 Å². The van der Waals surface area contributed by atoms with E-state index in [-0.39, 0.29) is 11.9 Å². The SMILES string of the molecule is CCn1ncc2c(NC3CCCCC3)c(C(=O)NC(C)c3cccc4ccccc34)cnc21. The van der Waals surface area contributed by atoms with Gasteiger partial charge in [0.2, 0.25) is 0 Å². The van der Waals surface area contributed by atoms with Crippen molar-refractivity contribution in [2.24, 2.45) is 0 Å². The normalized spacial score (nSPS) is 15.6. The van der Waals surface area contributed by atoms with Gasteiger partial charge >= 0.3 is 0 Å². The molecule has 0 saturated heterocycles. The third-order valence-electron chi connectivity index (χ3n) is 6.80. The van der Waals surface area contributed by atoms with Crippen LogP contribution in [-0.2, 0) is 6.54 Å². The number of rotatable bonds is 6. The summed E-state index contributed by atoms with van der Waals surface area (Å²) in [6.07, 6.45) is 9.51. The fraction of sp³-hybridized carbons (Fsp3) is 0.370. The maximum absolute atomic E-state index is 13.5. The van der Waals surface area contributed by atoms with Crippen molar-refractivity contribution in [2.45, 2.75) is 64.6 Å². The van der Waals surface area contributed by atoms with Crippen LogP contribution in [0.5, 0.6) is 0 Å². The molecule has 6 nitrogen and oxygen atoms in total. The molecule has 0 aliphatic heterocycles. The van der Waals surface area contributed by atoms with E-state index < -0.39 is 0 Å². The van der Waals surface area contributed by atoms with Gasteiger partial charge in [-0.25, -0.2) is 9.67 Å². The van der Waals surface area contributed by atoms with Crippen molar-refractivity contribution >= 4 is 33.4 Å². The zero-order chi connectivity index (χ0) is 22.8. The van der Waals surface area contributed by atoms with Crippen LogP contribution >= 0.6 is 0 Å². The molecule has 170 valence electrons. The molecule has 2 aromatic carbocycles. The summed E-state index contributed by atoms with van der Waals surface area (Å²) in [6.45, 7) is 4.83. The lowest BCUT2D eigenvalue weighted by Crippen LogP contribution is -2.29. The van der Waals surface area contributed by atoms with E-state index in [1.807, 2.05) is 36.0 Å². The van der Waals surface area contributed by atoms with Crippen LogP contribution in [0.3, 0.4) is 0 Å². The minimum absolute atomic E-state index is 0.118. The molecule has 1 unspecified atom stereocenters. The number of pyridine rings is 1. The molecular weight excluding hydrogens is 410 g/mol. The second-order valence-corrected chi connectivity index (χ2v) is 8.99. The van der Waals surface area contributed by atoms with Crippen LogP contribution in [0.15, 0.2) is 54.9 Å². The Labute approximate surface area is 194 Å². The maximum Gasteiger partial charge on any atom is 0.255 e. The molecule has 2 heterocycles. The zero-order valence-electron chi connectivity index (χ0n) is 19.3. The smallest absolute Gasteiger partial charge is 0.255 e. The van der Waals surface area contributed by atoms with E-state index >= 15 is 0 Å². The number of anilines is 1. The Morgan fingerprint density at radius 2 is 1.85 bits per heavy atom. The summed E-state index contributed by atoms with van der Waals surface area (Å²) < 4.78 is 1.88. The van der Waals surface area contributed by atoms with Crippen LogP contribution < -0.4 is 10.6 Å². The summed E-state index contributed by atoms with van der Waals surface area (Å²) in [5.74, 6) is -0.118. The number of hydrogen-bond donors (Lipinski definition) is 2. The molecule has 1 aliphatic rings. The first-order valence-corrected chi connectivity index (χ1v) is 12.0. The van der Waals surface area contributed by atoms with Gasteiger partial charge in [0.15, 0.2) is 5.65 Å². The minimum Gasteiger partial charge on any atom is -0.381 e. The molecule has 1 saturated carbocycles. The molecule has 1 amide bonds. The van der Waals surface area contributed by atoms with Crippen molar-refractivity contribution in [2.75, 3.05) is 5.32 Å². The Kier molecular flexibility index (Phi) is 5.99. The number of carbonyl (C=O) groups excluding carboxylic acids is 1. The van der Waals surface area contributed by atoms with Crippen molar-refractivity contribution in [3.63, 3.8) is 0 Å². The lowest BCUT2D eigenvalue weighted by Gasteiger charge is -2.25. The predicted octanol–water partition coefficient (Wildman–Crippen LogP) is 5.84. The minimum atomic E-state index is -0.139. The first kappa shape index (κ1) is 21.4. The molecule has 2 N–H and O–H groups in total. The van der Waals surface area contributed by atoms with E-state index in [1.165, 1.54) is 24.6 Å². The van der Waals surface area contributed by atoms with E-state index in [4.69, 9.17) is 0 Å². The summed E-state index contributed by atoms with van der Waals surface area (Å²) >= 11 is 0. The molecule has 5 rings (SSSR count). The molecule has 4 aromatic rings. The third-order valence-corrected chi connectivity index (χ3v) is 6.80. The molecule has 1 aliphatic carbocycles. The van der Waals surface area contributed by atoms with Crippen LogP contribution in [-0.4, -0.2) is 26.7 Å². The van der Waals surface area contributed by atoms with Crippen LogP contribution in [0, 0.1) is 0 Å². The predicted molar refractivity (Wildman–Crippen MR) is 134 cm³/mol. The fourth-order valence-electron chi connectivity index (χ4n) is 5.02. The van der Waals surface area contributed by atoms with Crippen LogP contribution in [0.25, 0.3) is 21.8 Å². The standard InChI is InChI=1S/C27H31N5O/c1-3-32-26-23(17-29-32)25(31-20-12-5-4-6-13-20)24(16-28-26)27(33)30-18(2)21-15-9-11-19-10-7-8-14-22(19)21/h7-11,14-18,20H,3-6,12-13H2,1-2H3,(H,28,31)(H,30,33). The monoisotopic (exact) mass is 441 g/mol. The number of hydrogen-bond acceptors (Lipinski definition) is 4. The zero-order valence-corrected chi connectivity index (χ0v) is 19.3. The number of carbonyl (C=O) groups is 1. The summed E-state index contributed by atoms with van der Waals surface area (Å²) in [4.78, 5) is 18.1. The van der Waals surface area contributed by atoms with Gasteiger partial charge in [-0.15, -0.1) is 0 Å². The van der Waals surface area contributed by atoms with E-state index in [1.54, 1.807) is 6.20 Å². The van der Waals surface area contributed by atoms with Gasteiger partial charge in [-0.2, -0.15) is 5.10 Å². The molecule has 0 spiro atoms. The highest BCUT2D eigenvalue weighted by Crippen LogP contribution is 2.31. The van der Waals surface area contributed by atoms with E-state index in [0.29, 0.717) is 11.6 Å². The van der Waals surface area contributed by atoms with Crippen LogP contribution in [0.2, 0.25) is 0 Å². The van der Waals surface area contributed by atoms with E-state index in [9.17, 15) is 4.79 Å². The molecule has 33 heavy (non-hydrogen) atoms. The van der Waals surface area contributed by atoms with Crippen LogP contribution in [0.1, 0.15) is 67.9 Å². The number of fused-ring (bicyclic) bond motifs is 2. The number of nitrogens with one attached hydrogen (secondary N) is 2. The molecule has 1 atom stereocenters.